The molecule has 2 aromatic rings. The third-order valence-electron chi connectivity index (χ3n) is 12.7. The Kier molecular flexibility index (Phi) is 6.94. The summed E-state index contributed by atoms with van der Waals surface area (Å²) < 4.78 is 16.0. The van der Waals surface area contributed by atoms with Gasteiger partial charge >= 0.3 is 0 Å². The molecule has 2 atom stereocenters. The van der Waals surface area contributed by atoms with Crippen LogP contribution in [0.4, 0.5) is 0 Å². The van der Waals surface area contributed by atoms with Gasteiger partial charge in [-0.1, -0.05) is 62.5 Å². The number of hydrogen-bond acceptors (Lipinski definition) is 1. The van der Waals surface area contributed by atoms with Gasteiger partial charge in [0.05, 0.1) is 10.8 Å². The van der Waals surface area contributed by atoms with Gasteiger partial charge in [-0.2, -0.15) is 0 Å². The van der Waals surface area contributed by atoms with Crippen molar-refractivity contribution in [2.45, 2.75) is 119 Å². The van der Waals surface area contributed by atoms with Crippen molar-refractivity contribution in [3.8, 4) is 0 Å². The lowest BCUT2D eigenvalue weighted by atomic mass is 9.55. The van der Waals surface area contributed by atoms with Crippen LogP contribution in [-0.4, -0.2) is 30.6 Å². The van der Waals surface area contributed by atoms with Gasteiger partial charge in [-0.05, 0) is 160 Å². The predicted octanol–water partition coefficient (Wildman–Crippen LogP) is 9.21. The molecule has 0 N–H and O–H groups in total. The lowest BCUT2D eigenvalue weighted by Crippen LogP contribution is -2.58. The molecule has 42 heavy (non-hydrogen) atoms. The van der Waals surface area contributed by atoms with Crippen LogP contribution in [0, 0.1) is 35.5 Å². The molecule has 0 saturated heterocycles. The smallest absolute Gasteiger partial charge is 0.100 e. The lowest BCUT2D eigenvalue weighted by Gasteiger charge is -2.67. The van der Waals surface area contributed by atoms with E-state index in [0.29, 0.717) is 10.3 Å². The second-order valence-electron chi connectivity index (χ2n) is 16.9. The molecule has 0 aliphatic heterocycles. The van der Waals surface area contributed by atoms with E-state index in [1.54, 1.807) is 5.30 Å². The molecule has 8 saturated carbocycles. The van der Waals surface area contributed by atoms with E-state index >= 15 is 0 Å². The molecule has 0 heterocycles. The van der Waals surface area contributed by atoms with Gasteiger partial charge in [0.1, 0.15) is 11.0 Å². The zero-order valence-electron chi connectivity index (χ0n) is 26.4. The predicted molar refractivity (Wildman–Crippen MR) is 179 cm³/mol. The van der Waals surface area contributed by atoms with Gasteiger partial charge in [0.2, 0.25) is 0 Å². The molecule has 2 aromatic carbocycles. The maximum absolute atomic E-state index is 14.1. The van der Waals surface area contributed by atoms with E-state index < -0.39 is 11.0 Å². The van der Waals surface area contributed by atoms with Crippen molar-refractivity contribution in [3.05, 3.63) is 65.7 Å². The van der Waals surface area contributed by atoms with Crippen LogP contribution in [0.25, 0.3) is 0 Å². The van der Waals surface area contributed by atoms with E-state index in [1.807, 2.05) is 0 Å². The summed E-state index contributed by atoms with van der Waals surface area (Å²) in [5.41, 5.74) is 2.76. The molecule has 1 unspecified atom stereocenters. The van der Waals surface area contributed by atoms with Crippen LogP contribution < -0.4 is 5.30 Å². The Balaban J connectivity index is 1.32. The first kappa shape index (κ1) is 28.5. The van der Waals surface area contributed by atoms with Crippen molar-refractivity contribution in [3.63, 3.8) is 0 Å². The summed E-state index contributed by atoms with van der Waals surface area (Å²) in [7, 11) is 0.673. The highest BCUT2D eigenvalue weighted by Gasteiger charge is 2.63. The van der Waals surface area contributed by atoms with Crippen molar-refractivity contribution in [1.29, 1.82) is 0 Å². The van der Waals surface area contributed by atoms with Gasteiger partial charge < -0.3 is 0 Å². The highest BCUT2D eigenvalue weighted by atomic mass is 32.2. The molecule has 8 aliphatic carbocycles. The van der Waals surface area contributed by atoms with Gasteiger partial charge in [-0.3, -0.25) is 0 Å². The fraction of sp³-hybridized carbons (Fsp3) is 0.684. The molecule has 0 amide bonds. The average Bonchev–Trinajstić information content (AvgIpc) is 2.92. The Morgan fingerprint density at radius 3 is 1.52 bits per heavy atom. The SMILES string of the molecule is CN([C@@H](c1ccccc1)c1ccccc1P(C12CC3CC(CC(C3)C1)C2)C12CC3CC(CC(C3)C1)C2)S(=O)C(C)(C)C. The Morgan fingerprint density at radius 1 is 0.690 bits per heavy atom. The second kappa shape index (κ2) is 10.3. The minimum atomic E-state index is -1.11. The Bertz CT molecular complexity index is 1230. The topological polar surface area (TPSA) is 20.3 Å². The van der Waals surface area contributed by atoms with Gasteiger partial charge in [-0.25, -0.2) is 8.51 Å². The normalized spacial score (nSPS) is 40.4. The summed E-state index contributed by atoms with van der Waals surface area (Å²) in [5, 5.41) is 2.76. The summed E-state index contributed by atoms with van der Waals surface area (Å²) in [6, 6.07) is 20.8. The minimum absolute atomic E-state index is 0.00952. The average molecular weight is 602 g/mol. The summed E-state index contributed by atoms with van der Waals surface area (Å²) >= 11 is 0. The van der Waals surface area contributed by atoms with Crippen LogP contribution in [0.5, 0.6) is 0 Å². The monoisotopic (exact) mass is 601 g/mol. The van der Waals surface area contributed by atoms with Crippen LogP contribution in [0.2, 0.25) is 0 Å². The quantitative estimate of drug-likeness (QED) is 0.290. The van der Waals surface area contributed by atoms with Gasteiger partial charge in [-0.15, -0.1) is 0 Å². The second-order valence-corrected chi connectivity index (χ2v) is 22.2. The maximum Gasteiger partial charge on any atom is 0.100 e. The van der Waals surface area contributed by atoms with E-state index in [9.17, 15) is 4.21 Å². The Labute approximate surface area is 259 Å². The van der Waals surface area contributed by atoms with E-state index in [4.69, 9.17) is 0 Å². The van der Waals surface area contributed by atoms with Gasteiger partial charge in [0.25, 0.3) is 0 Å². The summed E-state index contributed by atoms with van der Waals surface area (Å²) in [6.07, 6.45) is 18.1. The number of hydrogen-bond donors (Lipinski definition) is 0. The van der Waals surface area contributed by atoms with Crippen molar-refractivity contribution in [1.82, 2.24) is 4.31 Å². The van der Waals surface area contributed by atoms with Crippen molar-refractivity contribution < 1.29 is 4.21 Å². The standard InChI is InChI=1S/C38H52NOPS/c1-36(2,3)42(40)39(4)35(32-10-6-5-7-11-32)33-12-8-9-13-34(33)41(37-20-26-14-27(21-37)16-28(15-26)22-37)38-23-29-17-30(24-38)19-31(18-29)25-38/h5-13,26-31,35H,14-25H2,1-4H3/t26?,27?,28?,29?,30?,31?,35-,37?,38?,41?,42?/m0/s1. The fourth-order valence-corrected chi connectivity index (χ4v) is 19.0. The first-order valence-electron chi connectivity index (χ1n) is 17.2. The molecular weight excluding hydrogens is 549 g/mol. The maximum atomic E-state index is 14.1. The number of nitrogens with zero attached hydrogens (tertiary/aromatic N) is 1. The molecule has 226 valence electrons. The molecule has 0 radical (unpaired) electrons. The first-order chi connectivity index (χ1) is 20.1. The fourth-order valence-electron chi connectivity index (χ4n) is 12.4. The van der Waals surface area contributed by atoms with E-state index in [1.165, 1.54) is 88.2 Å². The molecule has 8 bridgehead atoms. The highest BCUT2D eigenvalue weighted by molar-refractivity contribution is 7.84. The molecule has 8 fully saturated rings. The van der Waals surface area contributed by atoms with Crippen LogP contribution >= 0.6 is 7.92 Å². The highest BCUT2D eigenvalue weighted by Crippen LogP contribution is 2.78. The Hall–Kier alpha value is -1.02. The molecule has 10 rings (SSSR count). The van der Waals surface area contributed by atoms with Crippen molar-refractivity contribution in [2.24, 2.45) is 35.5 Å². The van der Waals surface area contributed by atoms with Crippen molar-refractivity contribution in [2.75, 3.05) is 7.05 Å². The van der Waals surface area contributed by atoms with E-state index in [0.717, 1.165) is 35.5 Å². The van der Waals surface area contributed by atoms with Crippen molar-refractivity contribution >= 4 is 24.2 Å². The van der Waals surface area contributed by atoms with Crippen LogP contribution in [0.3, 0.4) is 0 Å². The first-order valence-corrected chi connectivity index (χ1v) is 19.7. The molecule has 2 nitrogen and oxygen atoms in total. The van der Waals surface area contributed by atoms with Crippen LogP contribution in [0.1, 0.15) is 115 Å². The van der Waals surface area contributed by atoms with E-state index in [2.05, 4.69) is 86.7 Å². The molecule has 4 heteroatoms. The zero-order chi connectivity index (χ0) is 28.9. The third kappa shape index (κ3) is 4.65. The largest absolute Gasteiger partial charge is 0.242 e. The summed E-state index contributed by atoms with van der Waals surface area (Å²) in [5.74, 6) is 5.85. The summed E-state index contributed by atoms with van der Waals surface area (Å²) in [4.78, 5) is 0. The molecule has 0 spiro atoms. The Morgan fingerprint density at radius 2 is 1.10 bits per heavy atom. The summed E-state index contributed by atoms with van der Waals surface area (Å²) in [6.45, 7) is 6.39. The molecular formula is C38H52NOPS. The van der Waals surface area contributed by atoms with Gasteiger partial charge in [0.15, 0.2) is 0 Å². The number of benzene rings is 2. The lowest BCUT2D eigenvalue weighted by molar-refractivity contribution is 0.0195. The van der Waals surface area contributed by atoms with Crippen LogP contribution in [0.15, 0.2) is 54.6 Å². The van der Waals surface area contributed by atoms with E-state index in [-0.39, 0.29) is 18.7 Å². The van der Waals surface area contributed by atoms with Crippen LogP contribution in [-0.2, 0) is 11.0 Å². The van der Waals surface area contributed by atoms with Gasteiger partial charge in [0, 0.05) is 7.05 Å². The zero-order valence-corrected chi connectivity index (χ0v) is 28.1. The minimum Gasteiger partial charge on any atom is -0.242 e. The number of rotatable bonds is 7. The molecule has 0 aromatic heterocycles. The molecule has 8 aliphatic rings. The third-order valence-corrected chi connectivity index (χ3v) is 18.4.